The summed E-state index contributed by atoms with van der Waals surface area (Å²) < 4.78 is 17.5. The van der Waals surface area contributed by atoms with Crippen LogP contribution in [0.15, 0.2) is 23.8 Å². The molecule has 5 heterocycles. The maximum absolute atomic E-state index is 13.5. The van der Waals surface area contributed by atoms with Crippen molar-refractivity contribution < 1.29 is 23.8 Å². The summed E-state index contributed by atoms with van der Waals surface area (Å²) in [5.74, 6) is 1.62. The molecule has 0 radical (unpaired) electrons. The molecule has 0 aromatic heterocycles. The summed E-state index contributed by atoms with van der Waals surface area (Å²) in [6, 6.07) is 4.14. The molecule has 1 spiro atoms. The second-order valence-corrected chi connectivity index (χ2v) is 9.81. The molecule has 1 aromatic carbocycles. The van der Waals surface area contributed by atoms with Gasteiger partial charge in [0.1, 0.15) is 6.29 Å². The van der Waals surface area contributed by atoms with E-state index in [2.05, 4.69) is 17.0 Å². The number of rotatable bonds is 3. The van der Waals surface area contributed by atoms with Crippen LogP contribution in [0, 0.1) is 17.8 Å². The molecule has 162 valence electrons. The molecule has 7 atom stereocenters. The molecule has 3 saturated heterocycles. The average Bonchev–Trinajstić information content (AvgIpc) is 3.25. The minimum Gasteiger partial charge on any atom is -0.493 e. The summed E-state index contributed by atoms with van der Waals surface area (Å²) in [4.78, 5) is 30.7. The van der Waals surface area contributed by atoms with Crippen molar-refractivity contribution in [2.75, 3.05) is 38.8 Å². The predicted octanol–water partition coefficient (Wildman–Crippen LogP) is 1.53. The summed E-state index contributed by atoms with van der Waals surface area (Å²) in [7, 11) is 3.27. The molecule has 7 nitrogen and oxygen atoms in total. The molecule has 1 amide bonds. The van der Waals surface area contributed by atoms with E-state index in [9.17, 15) is 9.59 Å². The van der Waals surface area contributed by atoms with Crippen molar-refractivity contribution in [1.82, 2.24) is 4.90 Å². The maximum Gasteiger partial charge on any atom is 0.229 e. The van der Waals surface area contributed by atoms with E-state index in [1.165, 1.54) is 11.9 Å². The van der Waals surface area contributed by atoms with Crippen LogP contribution in [-0.4, -0.2) is 69.2 Å². The van der Waals surface area contributed by atoms with Crippen LogP contribution in [0.25, 0.3) is 0 Å². The third-order valence-electron chi connectivity index (χ3n) is 9.06. The number of carbonyl (C=O) groups excluding carboxylic acids is 2. The van der Waals surface area contributed by atoms with Crippen LogP contribution in [0.2, 0.25) is 0 Å². The number of aldehydes is 1. The number of fused-ring (bicyclic) bond motifs is 2. The lowest BCUT2D eigenvalue weighted by atomic mass is 9.50. The molecule has 7 rings (SSSR count). The van der Waals surface area contributed by atoms with Crippen molar-refractivity contribution >= 4 is 17.9 Å². The molecule has 4 fully saturated rings. The van der Waals surface area contributed by atoms with E-state index in [1.54, 1.807) is 14.2 Å². The first kappa shape index (κ1) is 18.2. The Kier molecular flexibility index (Phi) is 3.46. The average molecular weight is 422 g/mol. The number of nitrogens with zero attached hydrogens (tertiary/aromatic N) is 2. The van der Waals surface area contributed by atoms with Crippen molar-refractivity contribution in [2.24, 2.45) is 17.8 Å². The van der Waals surface area contributed by atoms with E-state index >= 15 is 0 Å². The van der Waals surface area contributed by atoms with Gasteiger partial charge in [-0.1, -0.05) is 11.6 Å². The summed E-state index contributed by atoms with van der Waals surface area (Å²) >= 11 is 0. The Labute approximate surface area is 180 Å². The second-order valence-electron chi connectivity index (χ2n) is 9.81. The zero-order chi connectivity index (χ0) is 21.1. The Bertz CT molecular complexity index is 1050. The summed E-state index contributed by atoms with van der Waals surface area (Å²) in [6.07, 6.45) is 4.54. The molecule has 5 aliphatic heterocycles. The van der Waals surface area contributed by atoms with E-state index in [4.69, 9.17) is 14.2 Å². The SMILES string of the molecule is COc1cc2c(cc1OC)[C@@]13CCN4CC5=CCO[C@H]6CC(=O)N2[C@H]1[C@H]6[C@H]5C(C=O)[C@H]43. The van der Waals surface area contributed by atoms with E-state index < -0.39 is 0 Å². The number of methoxy groups -OCH3 is 2. The molecule has 7 heteroatoms. The van der Waals surface area contributed by atoms with Gasteiger partial charge in [-0.05, 0) is 30.5 Å². The number of carbonyl (C=O) groups is 2. The molecule has 1 aromatic rings. The monoisotopic (exact) mass is 422 g/mol. The van der Waals surface area contributed by atoms with Crippen molar-refractivity contribution in [3.63, 3.8) is 0 Å². The number of piperidine rings is 2. The smallest absolute Gasteiger partial charge is 0.229 e. The highest BCUT2D eigenvalue weighted by molar-refractivity contribution is 6.00. The summed E-state index contributed by atoms with van der Waals surface area (Å²) in [6.45, 7) is 2.36. The normalized spacial score (nSPS) is 41.4. The van der Waals surface area contributed by atoms with Gasteiger partial charge in [-0.3, -0.25) is 9.69 Å². The number of hydrogen-bond acceptors (Lipinski definition) is 6. The topological polar surface area (TPSA) is 68.3 Å². The first-order valence-electron chi connectivity index (χ1n) is 11.2. The molecule has 1 unspecified atom stereocenters. The Balaban J connectivity index is 1.55. The number of benzene rings is 1. The van der Waals surface area contributed by atoms with Crippen LogP contribution in [0.3, 0.4) is 0 Å². The molecular weight excluding hydrogens is 396 g/mol. The van der Waals surface area contributed by atoms with Crippen molar-refractivity contribution in [1.29, 1.82) is 0 Å². The highest BCUT2D eigenvalue weighted by atomic mass is 16.5. The van der Waals surface area contributed by atoms with Gasteiger partial charge in [0.05, 0.1) is 45.1 Å². The van der Waals surface area contributed by atoms with E-state index in [0.717, 1.165) is 30.8 Å². The van der Waals surface area contributed by atoms with Gasteiger partial charge in [0.15, 0.2) is 11.5 Å². The minimum atomic E-state index is -0.283. The van der Waals surface area contributed by atoms with Gasteiger partial charge in [0, 0.05) is 35.9 Å². The first-order chi connectivity index (χ1) is 15.1. The van der Waals surface area contributed by atoms with Gasteiger partial charge in [0.25, 0.3) is 0 Å². The Hall–Kier alpha value is -2.38. The lowest BCUT2D eigenvalue weighted by Crippen LogP contribution is -2.72. The molecule has 0 N–H and O–H groups in total. The van der Waals surface area contributed by atoms with Crippen LogP contribution in [0.5, 0.6) is 11.5 Å². The lowest BCUT2D eigenvalue weighted by molar-refractivity contribution is -0.139. The van der Waals surface area contributed by atoms with Crippen LogP contribution < -0.4 is 14.4 Å². The zero-order valence-electron chi connectivity index (χ0n) is 17.7. The van der Waals surface area contributed by atoms with Gasteiger partial charge in [-0.15, -0.1) is 0 Å². The Morgan fingerprint density at radius 3 is 2.77 bits per heavy atom. The molecule has 1 saturated carbocycles. The van der Waals surface area contributed by atoms with Crippen molar-refractivity contribution in [3.05, 3.63) is 29.3 Å². The molecular formula is C24H26N2O5. The van der Waals surface area contributed by atoms with Crippen molar-refractivity contribution in [3.8, 4) is 11.5 Å². The second kappa shape index (κ2) is 5.90. The largest absolute Gasteiger partial charge is 0.493 e. The number of amides is 1. The van der Waals surface area contributed by atoms with Crippen LogP contribution >= 0.6 is 0 Å². The Morgan fingerprint density at radius 2 is 2.00 bits per heavy atom. The third-order valence-corrected chi connectivity index (χ3v) is 9.06. The Morgan fingerprint density at radius 1 is 1.19 bits per heavy atom. The van der Waals surface area contributed by atoms with E-state index in [-0.39, 0.29) is 47.3 Å². The summed E-state index contributed by atoms with van der Waals surface area (Å²) in [5.41, 5.74) is 3.12. The van der Waals surface area contributed by atoms with Crippen LogP contribution in [-0.2, 0) is 19.7 Å². The highest BCUT2D eigenvalue weighted by Gasteiger charge is 2.73. The van der Waals surface area contributed by atoms with Gasteiger partial charge < -0.3 is 23.9 Å². The summed E-state index contributed by atoms with van der Waals surface area (Å²) in [5, 5.41) is 0. The quantitative estimate of drug-likeness (QED) is 0.544. The molecule has 6 aliphatic rings. The van der Waals surface area contributed by atoms with Gasteiger partial charge >= 0.3 is 0 Å². The highest BCUT2D eigenvalue weighted by Crippen LogP contribution is 2.67. The molecule has 1 aliphatic carbocycles. The van der Waals surface area contributed by atoms with Crippen LogP contribution in [0.1, 0.15) is 18.4 Å². The fourth-order valence-electron chi connectivity index (χ4n) is 8.24. The number of anilines is 1. The third kappa shape index (κ3) is 1.90. The maximum atomic E-state index is 13.5. The standard InChI is InChI=1S/C24H26N2O5/c1-29-16-7-14-15(8-17(16)30-2)26-19(28)9-18-21-20-12(3-6-31-18)10-25-5-4-24(14,23(21)26)22(25)13(20)11-27/h3,7-8,11,13,18,20-23H,4-6,9-10H2,1-2H3/t13?,18-,20+,21+,22-,23-,24+/m0/s1. The predicted molar refractivity (Wildman–Crippen MR) is 111 cm³/mol. The fraction of sp³-hybridized carbons (Fsp3) is 0.583. The van der Waals surface area contributed by atoms with Gasteiger partial charge in [-0.2, -0.15) is 0 Å². The van der Waals surface area contributed by atoms with Gasteiger partial charge in [0.2, 0.25) is 5.91 Å². The first-order valence-corrected chi connectivity index (χ1v) is 11.2. The molecule has 31 heavy (non-hydrogen) atoms. The van der Waals surface area contributed by atoms with Gasteiger partial charge in [-0.25, -0.2) is 0 Å². The lowest BCUT2D eigenvalue weighted by Gasteiger charge is -2.61. The van der Waals surface area contributed by atoms with E-state index in [1.807, 2.05) is 11.0 Å². The number of hydrogen-bond donors (Lipinski definition) is 0. The molecule has 2 bridgehead atoms. The number of ether oxygens (including phenoxy) is 3. The van der Waals surface area contributed by atoms with Crippen LogP contribution in [0.4, 0.5) is 5.69 Å². The zero-order valence-corrected chi connectivity index (χ0v) is 17.7. The minimum absolute atomic E-state index is 0.00330. The fourth-order valence-corrected chi connectivity index (χ4v) is 8.24. The van der Waals surface area contributed by atoms with E-state index in [0.29, 0.717) is 24.5 Å². The van der Waals surface area contributed by atoms with Crippen molar-refractivity contribution in [2.45, 2.75) is 36.4 Å².